The topological polar surface area (TPSA) is 43.7 Å². The summed E-state index contributed by atoms with van der Waals surface area (Å²) < 4.78 is 7.25. The van der Waals surface area contributed by atoms with Gasteiger partial charge in [-0.15, -0.1) is 0 Å². The van der Waals surface area contributed by atoms with Gasteiger partial charge in [0.1, 0.15) is 0 Å². The summed E-state index contributed by atoms with van der Waals surface area (Å²) in [6.45, 7) is 0. The molecule has 1 aliphatic carbocycles. The average Bonchev–Trinajstić information content (AvgIpc) is 3.33. The second-order valence-electron chi connectivity index (χ2n) is 5.30. The summed E-state index contributed by atoms with van der Waals surface area (Å²) in [5, 5.41) is 4.19. The number of rotatable bonds is 3. The van der Waals surface area contributed by atoms with Crippen LogP contribution in [0.15, 0.2) is 115 Å². The molecule has 0 saturated heterocycles. The van der Waals surface area contributed by atoms with Gasteiger partial charge in [-0.05, 0) is 23.8 Å². The van der Waals surface area contributed by atoms with Crippen LogP contribution in [0.3, 0.4) is 0 Å². The van der Waals surface area contributed by atoms with E-state index in [9.17, 15) is 0 Å². The third-order valence-electron chi connectivity index (χ3n) is 3.60. The van der Waals surface area contributed by atoms with E-state index in [1.165, 1.54) is 15.9 Å². The molecular weight excluding hydrogens is 535 g/mol. The van der Waals surface area contributed by atoms with Crippen molar-refractivity contribution in [3.63, 3.8) is 0 Å². The molecule has 2 radical (unpaired) electrons. The minimum absolute atomic E-state index is 0. The van der Waals surface area contributed by atoms with Gasteiger partial charge >= 0.3 is 10.2 Å². The van der Waals surface area contributed by atoms with E-state index in [1.807, 2.05) is 30.7 Å². The van der Waals surface area contributed by atoms with Crippen LogP contribution in [0.2, 0.25) is 0 Å². The fourth-order valence-corrected chi connectivity index (χ4v) is 4.80. The molecule has 0 aliphatic heterocycles. The Bertz CT molecular complexity index is 730. The summed E-state index contributed by atoms with van der Waals surface area (Å²) in [6, 6.07) is 32.3. The maximum atomic E-state index is 7.25. The second-order valence-corrected chi connectivity index (χ2v) is 7.52. The Morgan fingerprint density at radius 2 is 0.786 bits per heavy atom. The van der Waals surface area contributed by atoms with E-state index in [0.29, 0.717) is 0 Å². The van der Waals surface area contributed by atoms with E-state index >= 15 is 0 Å². The largest absolute Gasteiger partial charge is 0.358 e. The normalized spacial score (nSPS) is 10.4. The summed E-state index contributed by atoms with van der Waals surface area (Å²) in [5.41, 5.74) is 5.75. The van der Waals surface area contributed by atoms with Gasteiger partial charge < -0.3 is 7.43 Å². The summed E-state index contributed by atoms with van der Waals surface area (Å²) in [5.74, 6) is 0. The standard InChI is InChI=1S/C18H15P.C5H5.CH3.NO.Re/c1-4-10-16(11-5-1)19(17-12-6-2-7-13-17)18-14-8-3-9-15-18;1-2-4-5-3-1;;1-2;/h1-15H;1-5H;1H3;;/q;;-1;+1;. The molecular formula is C24H23NOPRe. The minimum Gasteiger partial charge on any atom is -0.358 e. The van der Waals surface area contributed by atoms with E-state index < -0.39 is 7.92 Å². The molecule has 0 unspecified atom stereocenters. The predicted octanol–water partition coefficient (Wildman–Crippen LogP) is 5.11. The Morgan fingerprint density at radius 1 is 0.500 bits per heavy atom. The molecule has 0 bridgehead atoms. The van der Waals surface area contributed by atoms with Gasteiger partial charge in [0.2, 0.25) is 0 Å². The summed E-state index contributed by atoms with van der Waals surface area (Å²) in [6.07, 6.45) is 10.0. The fraction of sp³-hybridized carbons (Fsp3) is 0. The number of nitrogens with zero attached hydrogens (tertiary/aromatic N) is 1. The zero-order valence-electron chi connectivity index (χ0n) is 15.7. The zero-order chi connectivity index (χ0) is 18.5. The molecule has 142 valence electrons. The van der Waals surface area contributed by atoms with Crippen LogP contribution in [0.5, 0.6) is 0 Å². The van der Waals surface area contributed by atoms with Crippen LogP contribution in [0, 0.1) is 19.3 Å². The van der Waals surface area contributed by atoms with Crippen LogP contribution >= 0.6 is 7.92 Å². The van der Waals surface area contributed by atoms with Gasteiger partial charge in [0.25, 0.3) is 0 Å². The van der Waals surface area contributed by atoms with Crippen LogP contribution in [-0.2, 0) is 25.2 Å². The van der Waals surface area contributed by atoms with Gasteiger partial charge in [-0.25, -0.2) is 0 Å². The quantitative estimate of drug-likeness (QED) is 0.251. The third-order valence-corrected chi connectivity index (χ3v) is 6.04. The molecule has 0 spiro atoms. The van der Waals surface area contributed by atoms with Crippen LogP contribution < -0.4 is 15.9 Å². The number of hydrogen-bond donors (Lipinski definition) is 0. The number of benzene rings is 3. The Labute approximate surface area is 183 Å². The smallest absolute Gasteiger partial charge is 0.00506 e. The SMILES string of the molecule is N#[O+].[CH3-].[CH]1C=CC=C1.[Re].c1ccc(P(c2ccccc2)c2ccccc2)cc1. The summed E-state index contributed by atoms with van der Waals surface area (Å²) >= 11 is 0. The van der Waals surface area contributed by atoms with E-state index in [2.05, 4.69) is 91.0 Å². The molecule has 2 nitrogen and oxygen atoms in total. The molecule has 0 atom stereocenters. The van der Waals surface area contributed by atoms with Crippen molar-refractivity contribution in [2.45, 2.75) is 0 Å². The minimum atomic E-state index is -0.446. The van der Waals surface area contributed by atoms with Gasteiger partial charge in [-0.1, -0.05) is 115 Å². The summed E-state index contributed by atoms with van der Waals surface area (Å²) in [4.78, 5) is 0. The van der Waals surface area contributed by atoms with Crippen molar-refractivity contribution >= 4 is 23.8 Å². The molecule has 0 saturated carbocycles. The van der Waals surface area contributed by atoms with Gasteiger partial charge in [-0.2, -0.15) is 0 Å². The van der Waals surface area contributed by atoms with Crippen molar-refractivity contribution in [2.75, 3.05) is 0 Å². The molecule has 0 N–H and O–H groups in total. The van der Waals surface area contributed by atoms with Crippen molar-refractivity contribution in [1.29, 1.82) is 5.46 Å². The Balaban J connectivity index is 0.000000699. The van der Waals surface area contributed by atoms with Crippen LogP contribution in [0.25, 0.3) is 0 Å². The fourth-order valence-electron chi connectivity index (χ4n) is 2.50. The molecule has 4 rings (SSSR count). The van der Waals surface area contributed by atoms with Gasteiger partial charge in [0.05, 0.1) is 0 Å². The van der Waals surface area contributed by atoms with E-state index in [-0.39, 0.29) is 27.8 Å². The summed E-state index contributed by atoms with van der Waals surface area (Å²) in [7, 11) is -0.446. The zero-order valence-corrected chi connectivity index (χ0v) is 19.3. The Morgan fingerprint density at radius 3 is 1.00 bits per heavy atom. The van der Waals surface area contributed by atoms with E-state index in [0.717, 1.165) is 0 Å². The number of allylic oxidation sites excluding steroid dienone is 4. The van der Waals surface area contributed by atoms with Gasteiger partial charge in [-0.3, -0.25) is 0 Å². The van der Waals surface area contributed by atoms with Gasteiger partial charge in [0.15, 0.2) is 0 Å². The second kappa shape index (κ2) is 15.9. The molecule has 28 heavy (non-hydrogen) atoms. The van der Waals surface area contributed by atoms with Gasteiger partial charge in [0, 0.05) is 26.8 Å². The van der Waals surface area contributed by atoms with Crippen molar-refractivity contribution in [3.8, 4) is 0 Å². The molecule has 0 fully saturated rings. The first-order chi connectivity index (χ1) is 12.9. The third kappa shape index (κ3) is 8.28. The predicted molar refractivity (Wildman–Crippen MR) is 117 cm³/mol. The molecule has 1 aliphatic rings. The molecule has 0 aromatic heterocycles. The first kappa shape index (κ1) is 25.9. The van der Waals surface area contributed by atoms with E-state index in [4.69, 9.17) is 10.2 Å². The number of hydrogen-bond acceptors (Lipinski definition) is 1. The van der Waals surface area contributed by atoms with Crippen molar-refractivity contribution in [1.82, 2.24) is 0 Å². The van der Waals surface area contributed by atoms with Crippen LogP contribution in [0.4, 0.5) is 0 Å². The van der Waals surface area contributed by atoms with Crippen molar-refractivity contribution in [2.24, 2.45) is 0 Å². The molecule has 4 heteroatoms. The molecule has 3 aromatic rings. The molecule has 0 amide bonds. The molecule has 0 heterocycles. The van der Waals surface area contributed by atoms with E-state index in [1.54, 1.807) is 0 Å². The first-order valence-corrected chi connectivity index (χ1v) is 9.59. The monoisotopic (exact) mass is 559 g/mol. The Kier molecular flexibility index (Phi) is 14.7. The first-order valence-electron chi connectivity index (χ1n) is 8.25. The molecule has 3 aromatic carbocycles. The maximum absolute atomic E-state index is 7.25. The van der Waals surface area contributed by atoms with Crippen LogP contribution in [0.1, 0.15) is 0 Å². The Hall–Kier alpha value is -2.10. The van der Waals surface area contributed by atoms with Crippen LogP contribution in [-0.4, -0.2) is 0 Å². The van der Waals surface area contributed by atoms with Crippen molar-refractivity contribution < 1.29 is 25.2 Å². The maximum Gasteiger partial charge on any atom is 0.00506 e. The average molecular weight is 559 g/mol. The van der Waals surface area contributed by atoms with Crippen molar-refractivity contribution in [3.05, 3.63) is 129 Å².